The van der Waals surface area contributed by atoms with Gasteiger partial charge in [-0.25, -0.2) is 4.98 Å². The Bertz CT molecular complexity index is 938. The molecule has 0 saturated heterocycles. The van der Waals surface area contributed by atoms with Crippen LogP contribution in [0.3, 0.4) is 0 Å². The zero-order chi connectivity index (χ0) is 16.4. The normalized spacial score (nSPS) is 13.5. The van der Waals surface area contributed by atoms with Crippen LogP contribution in [0.5, 0.6) is 11.5 Å². The first-order chi connectivity index (χ1) is 11.8. The van der Waals surface area contributed by atoms with E-state index in [0.717, 1.165) is 11.0 Å². The standard InChI is InChI=1S/C17H13N5O2/c18-10-14(17-19-12-3-1-2-4-13(12)20-17)22-21-11-5-6-15-16(9-11)24-8-7-23-15/h1-6,9,21H,7-8H2,(H,19,20)/b22-14+. The molecule has 2 N–H and O–H groups in total. The van der Waals surface area contributed by atoms with Crippen LogP contribution in [0.25, 0.3) is 11.0 Å². The van der Waals surface area contributed by atoms with Gasteiger partial charge < -0.3 is 14.5 Å². The van der Waals surface area contributed by atoms with E-state index in [1.807, 2.05) is 36.4 Å². The van der Waals surface area contributed by atoms with Gasteiger partial charge in [0.1, 0.15) is 19.3 Å². The van der Waals surface area contributed by atoms with E-state index in [4.69, 9.17) is 9.47 Å². The quantitative estimate of drug-likeness (QED) is 0.571. The molecule has 0 unspecified atom stereocenters. The minimum absolute atomic E-state index is 0.168. The van der Waals surface area contributed by atoms with Crippen molar-refractivity contribution in [1.29, 1.82) is 5.26 Å². The van der Waals surface area contributed by atoms with Crippen molar-refractivity contribution >= 4 is 22.4 Å². The number of nitrogens with one attached hydrogen (secondary N) is 2. The number of imidazole rings is 1. The molecule has 1 aliphatic heterocycles. The van der Waals surface area contributed by atoms with Gasteiger partial charge >= 0.3 is 0 Å². The monoisotopic (exact) mass is 319 g/mol. The van der Waals surface area contributed by atoms with Crippen molar-refractivity contribution < 1.29 is 9.47 Å². The van der Waals surface area contributed by atoms with Crippen molar-refractivity contribution in [1.82, 2.24) is 9.97 Å². The highest BCUT2D eigenvalue weighted by Gasteiger charge is 2.12. The Hall–Kier alpha value is -3.53. The average molecular weight is 319 g/mol. The molecule has 2 aromatic carbocycles. The second kappa shape index (κ2) is 5.93. The largest absolute Gasteiger partial charge is 0.486 e. The zero-order valence-electron chi connectivity index (χ0n) is 12.6. The summed E-state index contributed by atoms with van der Waals surface area (Å²) in [6.45, 7) is 1.06. The Morgan fingerprint density at radius 1 is 1.17 bits per heavy atom. The number of anilines is 1. The number of benzene rings is 2. The molecule has 7 heteroatoms. The Kier molecular flexibility index (Phi) is 3.48. The van der Waals surface area contributed by atoms with Crippen molar-refractivity contribution in [3.63, 3.8) is 0 Å². The number of para-hydroxylation sites is 2. The van der Waals surface area contributed by atoms with Crippen molar-refractivity contribution in [2.24, 2.45) is 5.10 Å². The third-order valence-corrected chi connectivity index (χ3v) is 3.56. The number of aromatic nitrogens is 2. The molecular formula is C17H13N5O2. The van der Waals surface area contributed by atoms with Crippen LogP contribution in [0.15, 0.2) is 47.6 Å². The van der Waals surface area contributed by atoms with Gasteiger partial charge in [0, 0.05) is 6.07 Å². The number of hydrogen-bond donors (Lipinski definition) is 2. The minimum Gasteiger partial charge on any atom is -0.486 e. The number of nitrogens with zero attached hydrogens (tertiary/aromatic N) is 3. The third kappa shape index (κ3) is 2.61. The van der Waals surface area contributed by atoms with Gasteiger partial charge in [-0.1, -0.05) is 12.1 Å². The molecule has 3 aromatic rings. The third-order valence-electron chi connectivity index (χ3n) is 3.56. The topological polar surface area (TPSA) is 95.3 Å². The van der Waals surface area contributed by atoms with Gasteiger partial charge in [-0.3, -0.25) is 5.43 Å². The molecule has 7 nitrogen and oxygen atoms in total. The fourth-order valence-corrected chi connectivity index (χ4v) is 2.43. The molecule has 0 radical (unpaired) electrons. The number of fused-ring (bicyclic) bond motifs is 2. The van der Waals surface area contributed by atoms with Crippen LogP contribution in [-0.4, -0.2) is 28.9 Å². The van der Waals surface area contributed by atoms with E-state index in [9.17, 15) is 5.26 Å². The lowest BCUT2D eigenvalue weighted by atomic mass is 10.2. The van der Waals surface area contributed by atoms with Crippen LogP contribution in [-0.2, 0) is 0 Å². The lowest BCUT2D eigenvalue weighted by Crippen LogP contribution is -2.15. The van der Waals surface area contributed by atoms with Crippen LogP contribution in [0.1, 0.15) is 5.82 Å². The molecule has 0 saturated carbocycles. The number of rotatable bonds is 3. The van der Waals surface area contributed by atoms with Gasteiger partial charge in [-0.15, -0.1) is 0 Å². The molecule has 0 amide bonds. The van der Waals surface area contributed by atoms with Gasteiger partial charge in [0.2, 0.25) is 5.71 Å². The zero-order valence-corrected chi connectivity index (χ0v) is 12.6. The number of H-pyrrole nitrogens is 1. The van der Waals surface area contributed by atoms with E-state index in [-0.39, 0.29) is 5.71 Å². The van der Waals surface area contributed by atoms with Crippen molar-refractivity contribution in [3.05, 3.63) is 48.3 Å². The predicted molar refractivity (Wildman–Crippen MR) is 89.3 cm³/mol. The van der Waals surface area contributed by atoms with E-state index < -0.39 is 0 Å². The fourth-order valence-electron chi connectivity index (χ4n) is 2.43. The molecule has 0 fully saturated rings. The maximum absolute atomic E-state index is 9.35. The lowest BCUT2D eigenvalue weighted by Gasteiger charge is -2.18. The Morgan fingerprint density at radius 2 is 2.00 bits per heavy atom. The van der Waals surface area contributed by atoms with Gasteiger partial charge in [-0.2, -0.15) is 10.4 Å². The maximum atomic E-state index is 9.35. The van der Waals surface area contributed by atoms with E-state index in [2.05, 4.69) is 20.5 Å². The van der Waals surface area contributed by atoms with Crippen LogP contribution >= 0.6 is 0 Å². The molecule has 2 heterocycles. The Balaban J connectivity index is 1.60. The summed E-state index contributed by atoms with van der Waals surface area (Å²) in [6.07, 6.45) is 0. The summed E-state index contributed by atoms with van der Waals surface area (Å²) >= 11 is 0. The Morgan fingerprint density at radius 3 is 2.83 bits per heavy atom. The predicted octanol–water partition coefficient (Wildman–Crippen LogP) is 2.67. The fraction of sp³-hybridized carbons (Fsp3) is 0.118. The molecule has 0 atom stereocenters. The highest BCUT2D eigenvalue weighted by Crippen LogP contribution is 2.32. The SMILES string of the molecule is N#C/C(=N\Nc1ccc2c(c1)OCCO2)c1nc2ccccc2[nH]1. The number of ether oxygens (including phenoxy) is 2. The summed E-state index contributed by atoms with van der Waals surface area (Å²) in [6, 6.07) is 15.0. The van der Waals surface area contributed by atoms with Crippen LogP contribution in [0, 0.1) is 11.3 Å². The second-order valence-corrected chi connectivity index (χ2v) is 5.15. The number of hydrogen-bond acceptors (Lipinski definition) is 6. The van der Waals surface area contributed by atoms with Crippen molar-refractivity contribution in [2.45, 2.75) is 0 Å². The van der Waals surface area contributed by atoms with Gasteiger partial charge in [0.15, 0.2) is 17.3 Å². The molecule has 24 heavy (non-hydrogen) atoms. The summed E-state index contributed by atoms with van der Waals surface area (Å²) in [5.74, 6) is 1.78. The molecule has 1 aromatic heterocycles. The van der Waals surface area contributed by atoms with E-state index in [1.165, 1.54) is 0 Å². The van der Waals surface area contributed by atoms with Crippen LogP contribution < -0.4 is 14.9 Å². The van der Waals surface area contributed by atoms with Crippen molar-refractivity contribution in [3.8, 4) is 17.6 Å². The Labute approximate surface area is 137 Å². The molecule has 4 rings (SSSR count). The van der Waals surface area contributed by atoms with Gasteiger partial charge in [0.05, 0.1) is 16.7 Å². The number of nitriles is 1. The van der Waals surface area contributed by atoms with E-state index in [1.54, 1.807) is 12.1 Å². The summed E-state index contributed by atoms with van der Waals surface area (Å²) in [5.41, 5.74) is 5.37. The van der Waals surface area contributed by atoms with Gasteiger partial charge in [0.25, 0.3) is 0 Å². The molecule has 0 spiro atoms. The molecule has 118 valence electrons. The summed E-state index contributed by atoms with van der Waals surface area (Å²) in [4.78, 5) is 7.46. The average Bonchev–Trinajstić information content (AvgIpc) is 3.06. The molecule has 0 aliphatic carbocycles. The minimum atomic E-state index is 0.168. The molecular weight excluding hydrogens is 306 g/mol. The number of aromatic amines is 1. The number of hydrazone groups is 1. The molecule has 1 aliphatic rings. The van der Waals surface area contributed by atoms with Crippen LogP contribution in [0.2, 0.25) is 0 Å². The second-order valence-electron chi connectivity index (χ2n) is 5.15. The highest BCUT2D eigenvalue weighted by molar-refractivity contribution is 6.10. The molecule has 0 bridgehead atoms. The van der Waals surface area contributed by atoms with E-state index in [0.29, 0.717) is 36.2 Å². The lowest BCUT2D eigenvalue weighted by molar-refractivity contribution is 0.171. The van der Waals surface area contributed by atoms with Gasteiger partial charge in [-0.05, 0) is 24.3 Å². The summed E-state index contributed by atoms with van der Waals surface area (Å²) < 4.78 is 11.0. The van der Waals surface area contributed by atoms with Crippen molar-refractivity contribution in [2.75, 3.05) is 18.6 Å². The highest BCUT2D eigenvalue weighted by atomic mass is 16.6. The maximum Gasteiger partial charge on any atom is 0.203 e. The first-order valence-corrected chi connectivity index (χ1v) is 7.42. The smallest absolute Gasteiger partial charge is 0.203 e. The first kappa shape index (κ1) is 14.1. The van der Waals surface area contributed by atoms with E-state index >= 15 is 0 Å². The summed E-state index contributed by atoms with van der Waals surface area (Å²) in [7, 11) is 0. The van der Waals surface area contributed by atoms with Crippen LogP contribution in [0.4, 0.5) is 5.69 Å². The first-order valence-electron chi connectivity index (χ1n) is 7.42. The summed E-state index contributed by atoms with van der Waals surface area (Å²) in [5, 5.41) is 13.5.